The van der Waals surface area contributed by atoms with Gasteiger partial charge >= 0.3 is 0 Å². The number of aromatic amines is 1. The first-order chi connectivity index (χ1) is 9.13. The number of nitrogens with zero attached hydrogens (tertiary/aromatic N) is 2. The molecule has 1 aromatic carbocycles. The molecule has 4 nitrogen and oxygen atoms in total. The lowest BCUT2D eigenvalue weighted by molar-refractivity contribution is 1.21. The zero-order valence-corrected chi connectivity index (χ0v) is 11.5. The maximum Gasteiger partial charge on any atom is 0.206 e. The zero-order valence-electron chi connectivity index (χ0n) is 10.0. The molecule has 0 aliphatic heterocycles. The van der Waals surface area contributed by atoms with Crippen molar-refractivity contribution in [1.82, 2.24) is 15.0 Å². The summed E-state index contributed by atoms with van der Waals surface area (Å²) >= 11 is 11.9. The predicted octanol–water partition coefficient (Wildman–Crippen LogP) is 4.32. The first kappa shape index (κ1) is 12.3. The number of fused-ring (bicyclic) bond motifs is 1. The normalized spacial score (nSPS) is 10.9. The SMILES string of the molecule is Cc1cccnc1Nc1nc2cc(Cl)c(Cl)cc2[nH]1. The van der Waals surface area contributed by atoms with E-state index < -0.39 is 0 Å². The minimum absolute atomic E-state index is 0.487. The van der Waals surface area contributed by atoms with Gasteiger partial charge in [-0.15, -0.1) is 0 Å². The summed E-state index contributed by atoms with van der Waals surface area (Å²) < 4.78 is 0. The van der Waals surface area contributed by atoms with E-state index in [1.807, 2.05) is 19.1 Å². The fourth-order valence-corrected chi connectivity index (χ4v) is 2.11. The van der Waals surface area contributed by atoms with Crippen molar-refractivity contribution in [3.8, 4) is 0 Å². The third-order valence-corrected chi connectivity index (χ3v) is 3.49. The first-order valence-electron chi connectivity index (χ1n) is 5.67. The monoisotopic (exact) mass is 292 g/mol. The van der Waals surface area contributed by atoms with Crippen LogP contribution in [0.4, 0.5) is 11.8 Å². The fourth-order valence-electron chi connectivity index (χ4n) is 1.79. The summed E-state index contributed by atoms with van der Waals surface area (Å²) in [7, 11) is 0. The third-order valence-electron chi connectivity index (χ3n) is 2.77. The number of benzene rings is 1. The van der Waals surface area contributed by atoms with Crippen LogP contribution in [0.3, 0.4) is 0 Å². The number of anilines is 2. The van der Waals surface area contributed by atoms with Gasteiger partial charge in [0.2, 0.25) is 5.95 Å². The van der Waals surface area contributed by atoms with Crippen molar-refractivity contribution in [2.24, 2.45) is 0 Å². The number of rotatable bonds is 2. The van der Waals surface area contributed by atoms with Crippen molar-refractivity contribution in [3.05, 3.63) is 46.1 Å². The van der Waals surface area contributed by atoms with Gasteiger partial charge in [-0.1, -0.05) is 29.3 Å². The van der Waals surface area contributed by atoms with Gasteiger partial charge in [0, 0.05) is 6.20 Å². The van der Waals surface area contributed by atoms with Crippen LogP contribution in [0.5, 0.6) is 0 Å². The van der Waals surface area contributed by atoms with Gasteiger partial charge in [0.25, 0.3) is 0 Å². The molecule has 19 heavy (non-hydrogen) atoms. The maximum atomic E-state index is 5.97. The first-order valence-corrected chi connectivity index (χ1v) is 6.42. The molecule has 0 unspecified atom stereocenters. The minimum atomic E-state index is 0.487. The van der Waals surface area contributed by atoms with Crippen molar-refractivity contribution in [2.75, 3.05) is 5.32 Å². The van der Waals surface area contributed by atoms with E-state index in [4.69, 9.17) is 23.2 Å². The van der Waals surface area contributed by atoms with Gasteiger partial charge in [0.1, 0.15) is 5.82 Å². The second-order valence-electron chi connectivity index (χ2n) is 4.16. The van der Waals surface area contributed by atoms with Gasteiger partial charge in [0.05, 0.1) is 21.1 Å². The molecule has 0 saturated carbocycles. The van der Waals surface area contributed by atoms with Crippen LogP contribution in [0.2, 0.25) is 10.0 Å². The quantitative estimate of drug-likeness (QED) is 0.740. The van der Waals surface area contributed by atoms with Crippen LogP contribution >= 0.6 is 23.2 Å². The lowest BCUT2D eigenvalue weighted by Gasteiger charge is -2.03. The Hall–Kier alpha value is -1.78. The Kier molecular flexibility index (Phi) is 3.05. The molecule has 0 radical (unpaired) electrons. The molecule has 3 aromatic rings. The molecule has 3 rings (SSSR count). The molecular weight excluding hydrogens is 283 g/mol. The lowest BCUT2D eigenvalue weighted by Crippen LogP contribution is -1.96. The summed E-state index contributed by atoms with van der Waals surface area (Å²) in [6, 6.07) is 7.35. The second kappa shape index (κ2) is 4.72. The molecule has 2 N–H and O–H groups in total. The Morgan fingerprint density at radius 3 is 2.79 bits per heavy atom. The number of aryl methyl sites for hydroxylation is 1. The molecule has 0 bridgehead atoms. The van der Waals surface area contributed by atoms with Crippen LogP contribution in [0.25, 0.3) is 11.0 Å². The van der Waals surface area contributed by atoms with Gasteiger partial charge in [-0.25, -0.2) is 9.97 Å². The number of aromatic nitrogens is 3. The molecule has 0 aliphatic carbocycles. The van der Waals surface area contributed by atoms with Crippen molar-refractivity contribution in [1.29, 1.82) is 0 Å². The number of pyridine rings is 1. The number of nitrogens with one attached hydrogen (secondary N) is 2. The molecule has 0 atom stereocenters. The Bertz CT molecular complexity index is 712. The highest BCUT2D eigenvalue weighted by Gasteiger charge is 2.08. The van der Waals surface area contributed by atoms with Crippen LogP contribution in [-0.2, 0) is 0 Å². The van der Waals surface area contributed by atoms with E-state index >= 15 is 0 Å². The summed E-state index contributed by atoms with van der Waals surface area (Å²) in [5.41, 5.74) is 2.62. The van der Waals surface area contributed by atoms with Crippen LogP contribution < -0.4 is 5.32 Å². The highest BCUT2D eigenvalue weighted by molar-refractivity contribution is 6.42. The number of imidazole rings is 1. The number of hydrogen-bond acceptors (Lipinski definition) is 3. The minimum Gasteiger partial charge on any atom is -0.324 e. The Labute approximate surface area is 119 Å². The van der Waals surface area contributed by atoms with E-state index in [0.717, 1.165) is 22.4 Å². The van der Waals surface area contributed by atoms with E-state index in [2.05, 4.69) is 20.3 Å². The molecule has 6 heteroatoms. The molecule has 96 valence electrons. The zero-order chi connectivity index (χ0) is 13.4. The molecule has 0 fully saturated rings. The van der Waals surface area contributed by atoms with Gasteiger partial charge in [-0.05, 0) is 30.7 Å². The van der Waals surface area contributed by atoms with Crippen molar-refractivity contribution < 1.29 is 0 Å². The van der Waals surface area contributed by atoms with E-state index in [-0.39, 0.29) is 0 Å². The average Bonchev–Trinajstić information content (AvgIpc) is 2.74. The number of H-pyrrole nitrogens is 1. The fraction of sp³-hybridized carbons (Fsp3) is 0.0769. The highest BCUT2D eigenvalue weighted by Crippen LogP contribution is 2.28. The summed E-state index contributed by atoms with van der Waals surface area (Å²) in [5, 5.41) is 4.12. The van der Waals surface area contributed by atoms with E-state index in [1.165, 1.54) is 0 Å². The Morgan fingerprint density at radius 2 is 2.00 bits per heavy atom. The van der Waals surface area contributed by atoms with Crippen molar-refractivity contribution in [2.45, 2.75) is 6.92 Å². The van der Waals surface area contributed by atoms with Crippen molar-refractivity contribution in [3.63, 3.8) is 0 Å². The lowest BCUT2D eigenvalue weighted by atomic mass is 10.3. The second-order valence-corrected chi connectivity index (χ2v) is 4.98. The summed E-state index contributed by atoms with van der Waals surface area (Å²) in [5.74, 6) is 1.37. The van der Waals surface area contributed by atoms with Crippen LogP contribution in [0, 0.1) is 6.92 Å². The molecule has 2 heterocycles. The summed E-state index contributed by atoms with van der Waals surface area (Å²) in [6.07, 6.45) is 1.73. The van der Waals surface area contributed by atoms with E-state index in [1.54, 1.807) is 18.3 Å². The molecule has 0 aliphatic rings. The largest absolute Gasteiger partial charge is 0.324 e. The smallest absolute Gasteiger partial charge is 0.206 e. The van der Waals surface area contributed by atoms with Gasteiger partial charge in [-0.2, -0.15) is 0 Å². The van der Waals surface area contributed by atoms with Crippen LogP contribution in [-0.4, -0.2) is 15.0 Å². The maximum absolute atomic E-state index is 5.97. The van der Waals surface area contributed by atoms with Crippen LogP contribution in [0.1, 0.15) is 5.56 Å². The van der Waals surface area contributed by atoms with Gasteiger partial charge < -0.3 is 10.3 Å². The number of halogens is 2. The summed E-state index contributed by atoms with van der Waals surface area (Å²) in [4.78, 5) is 11.8. The Balaban J connectivity index is 2.00. The van der Waals surface area contributed by atoms with Crippen molar-refractivity contribution >= 4 is 46.0 Å². The predicted molar refractivity (Wildman–Crippen MR) is 78.4 cm³/mol. The van der Waals surface area contributed by atoms with Crippen LogP contribution in [0.15, 0.2) is 30.5 Å². The summed E-state index contributed by atoms with van der Waals surface area (Å²) in [6.45, 7) is 1.98. The molecule has 0 spiro atoms. The molecule has 2 aromatic heterocycles. The molecule has 0 saturated heterocycles. The van der Waals surface area contributed by atoms with Gasteiger partial charge in [0.15, 0.2) is 0 Å². The van der Waals surface area contributed by atoms with E-state index in [9.17, 15) is 0 Å². The van der Waals surface area contributed by atoms with Gasteiger partial charge in [-0.3, -0.25) is 0 Å². The van der Waals surface area contributed by atoms with E-state index in [0.29, 0.717) is 16.0 Å². The average molecular weight is 293 g/mol. The topological polar surface area (TPSA) is 53.6 Å². The third kappa shape index (κ3) is 2.37. The number of hydrogen-bond donors (Lipinski definition) is 2. The standard InChI is InChI=1S/C13H10Cl2N4/c1-7-3-2-4-16-12(7)19-13-17-10-5-8(14)9(15)6-11(10)18-13/h2-6H,1H3,(H2,16,17,18,19). The Morgan fingerprint density at radius 1 is 1.21 bits per heavy atom. The highest BCUT2D eigenvalue weighted by atomic mass is 35.5. The molecule has 0 amide bonds. The molecular formula is C13H10Cl2N4.